The summed E-state index contributed by atoms with van der Waals surface area (Å²) in [5.74, 6) is 0.758. The van der Waals surface area contributed by atoms with E-state index in [9.17, 15) is 9.59 Å². The molecular weight excluding hydrogens is 377 g/mol. The molecule has 2 N–H and O–H groups in total. The number of aldehydes is 1. The zero-order valence-corrected chi connectivity index (χ0v) is 15.5. The molecule has 1 fully saturated rings. The second-order valence-corrected chi connectivity index (χ2v) is 6.22. The van der Waals surface area contributed by atoms with E-state index in [4.69, 9.17) is 17.3 Å². The predicted molar refractivity (Wildman–Crippen MR) is 103 cm³/mol. The van der Waals surface area contributed by atoms with Gasteiger partial charge in [0.15, 0.2) is 6.29 Å². The highest BCUT2D eigenvalue weighted by Gasteiger charge is 2.24. The van der Waals surface area contributed by atoms with Gasteiger partial charge in [0.2, 0.25) is 5.91 Å². The summed E-state index contributed by atoms with van der Waals surface area (Å²) < 4.78 is 0. The Morgan fingerprint density at radius 1 is 1.15 bits per heavy atom. The van der Waals surface area contributed by atoms with Crippen LogP contribution in [-0.2, 0) is 11.2 Å². The fourth-order valence-corrected chi connectivity index (χ4v) is 2.95. The molecule has 0 radical (unpaired) electrons. The van der Waals surface area contributed by atoms with Gasteiger partial charge in [-0.3, -0.25) is 9.59 Å². The molecule has 0 unspecified atom stereocenters. The number of nitrogens with zero attached hydrogens (tertiary/aromatic N) is 4. The SMILES string of the molecule is Cl.Nc1ncnc(N2CCN(C(=O)Cc3ccc(Cl)cc3)CC2)c1C=O. The minimum atomic E-state index is 0. The number of amides is 1. The van der Waals surface area contributed by atoms with Crippen molar-refractivity contribution in [1.29, 1.82) is 0 Å². The summed E-state index contributed by atoms with van der Waals surface area (Å²) in [5, 5.41) is 0.653. The maximum absolute atomic E-state index is 12.4. The normalized spacial score (nSPS) is 13.9. The van der Waals surface area contributed by atoms with Gasteiger partial charge in [0, 0.05) is 31.2 Å². The highest BCUT2D eigenvalue weighted by Crippen LogP contribution is 2.21. The number of hydrogen-bond acceptors (Lipinski definition) is 6. The molecule has 1 aliphatic heterocycles. The number of nitrogen functional groups attached to an aromatic ring is 1. The number of nitrogens with two attached hydrogens (primary N) is 1. The summed E-state index contributed by atoms with van der Waals surface area (Å²) >= 11 is 5.86. The summed E-state index contributed by atoms with van der Waals surface area (Å²) in [5.41, 5.74) is 6.96. The lowest BCUT2D eigenvalue weighted by atomic mass is 10.1. The zero-order chi connectivity index (χ0) is 17.8. The predicted octanol–water partition coefficient (Wildman–Crippen LogP) is 1.84. The highest BCUT2D eigenvalue weighted by atomic mass is 35.5. The van der Waals surface area contributed by atoms with Crippen LogP contribution in [0.15, 0.2) is 30.6 Å². The van der Waals surface area contributed by atoms with Crippen molar-refractivity contribution in [3.63, 3.8) is 0 Å². The highest BCUT2D eigenvalue weighted by molar-refractivity contribution is 6.30. The first-order chi connectivity index (χ1) is 12.1. The molecule has 26 heavy (non-hydrogen) atoms. The van der Waals surface area contributed by atoms with Crippen LogP contribution in [0, 0.1) is 0 Å². The third kappa shape index (κ3) is 4.42. The number of rotatable bonds is 4. The monoisotopic (exact) mass is 395 g/mol. The summed E-state index contributed by atoms with van der Waals surface area (Å²) in [6, 6.07) is 7.28. The quantitative estimate of drug-likeness (QED) is 0.793. The molecule has 0 atom stereocenters. The van der Waals surface area contributed by atoms with Crippen LogP contribution in [0.3, 0.4) is 0 Å². The molecule has 1 aromatic heterocycles. The van der Waals surface area contributed by atoms with E-state index < -0.39 is 0 Å². The Hall–Kier alpha value is -2.38. The van der Waals surface area contributed by atoms with E-state index in [0.29, 0.717) is 55.3 Å². The number of carbonyl (C=O) groups excluding carboxylic acids is 2. The summed E-state index contributed by atoms with van der Waals surface area (Å²) in [4.78, 5) is 35.4. The fourth-order valence-electron chi connectivity index (χ4n) is 2.82. The summed E-state index contributed by atoms with van der Waals surface area (Å²) in [7, 11) is 0. The van der Waals surface area contributed by atoms with Crippen LogP contribution in [-0.4, -0.2) is 53.2 Å². The van der Waals surface area contributed by atoms with Crippen molar-refractivity contribution in [1.82, 2.24) is 14.9 Å². The van der Waals surface area contributed by atoms with Crippen molar-refractivity contribution in [2.24, 2.45) is 0 Å². The average molecular weight is 396 g/mol. The Labute approximate surface area is 162 Å². The number of aromatic nitrogens is 2. The van der Waals surface area contributed by atoms with Crippen molar-refractivity contribution in [3.05, 3.63) is 46.7 Å². The number of hydrogen-bond donors (Lipinski definition) is 1. The molecule has 3 rings (SSSR count). The molecule has 9 heteroatoms. The van der Waals surface area contributed by atoms with Gasteiger partial charge < -0.3 is 15.5 Å². The topological polar surface area (TPSA) is 92.4 Å². The molecular formula is C17H19Cl2N5O2. The molecule has 1 aliphatic rings. The van der Waals surface area contributed by atoms with Gasteiger partial charge in [0.05, 0.1) is 12.0 Å². The van der Waals surface area contributed by atoms with E-state index in [1.807, 2.05) is 21.9 Å². The van der Waals surface area contributed by atoms with Gasteiger partial charge in [-0.15, -0.1) is 12.4 Å². The molecule has 0 bridgehead atoms. The Morgan fingerprint density at radius 2 is 1.81 bits per heavy atom. The Balaban J connectivity index is 0.00000243. The minimum Gasteiger partial charge on any atom is -0.383 e. The van der Waals surface area contributed by atoms with Crippen LogP contribution >= 0.6 is 24.0 Å². The van der Waals surface area contributed by atoms with Gasteiger partial charge in [-0.25, -0.2) is 9.97 Å². The molecule has 138 valence electrons. The van der Waals surface area contributed by atoms with Gasteiger partial charge in [-0.1, -0.05) is 23.7 Å². The maximum atomic E-state index is 12.4. The van der Waals surface area contributed by atoms with Gasteiger partial charge >= 0.3 is 0 Å². The number of halogens is 2. The largest absolute Gasteiger partial charge is 0.383 e. The van der Waals surface area contributed by atoms with Crippen molar-refractivity contribution < 1.29 is 9.59 Å². The lowest BCUT2D eigenvalue weighted by Gasteiger charge is -2.36. The van der Waals surface area contributed by atoms with Gasteiger partial charge in [-0.2, -0.15) is 0 Å². The van der Waals surface area contributed by atoms with Crippen LogP contribution in [0.4, 0.5) is 11.6 Å². The second-order valence-electron chi connectivity index (χ2n) is 5.79. The number of benzene rings is 1. The smallest absolute Gasteiger partial charge is 0.227 e. The zero-order valence-electron chi connectivity index (χ0n) is 14.0. The number of anilines is 2. The van der Waals surface area contributed by atoms with Crippen LogP contribution in [0.25, 0.3) is 0 Å². The van der Waals surface area contributed by atoms with Gasteiger partial charge in [-0.05, 0) is 17.7 Å². The standard InChI is InChI=1S/C17H18ClN5O2.ClH/c18-13-3-1-12(2-4-13)9-15(25)22-5-7-23(8-6-22)17-14(10-24)16(19)20-11-21-17;/h1-4,10-11H,5-9H2,(H2,19,20,21);1H. The Morgan fingerprint density at radius 3 is 2.42 bits per heavy atom. The number of piperazine rings is 1. The van der Waals surface area contributed by atoms with E-state index in [1.165, 1.54) is 6.33 Å². The molecule has 1 aromatic carbocycles. The van der Waals surface area contributed by atoms with Crippen molar-refractivity contribution in [2.45, 2.75) is 6.42 Å². The molecule has 0 aliphatic carbocycles. The van der Waals surface area contributed by atoms with Crippen molar-refractivity contribution in [3.8, 4) is 0 Å². The van der Waals surface area contributed by atoms with E-state index >= 15 is 0 Å². The number of carbonyl (C=O) groups is 2. The van der Waals surface area contributed by atoms with Crippen LogP contribution < -0.4 is 10.6 Å². The minimum absolute atomic E-state index is 0. The second kappa shape index (κ2) is 8.82. The Kier molecular flexibility index (Phi) is 6.76. The van der Waals surface area contributed by atoms with Crippen LogP contribution in [0.1, 0.15) is 15.9 Å². The first kappa shape index (κ1) is 19.9. The molecule has 1 saturated heterocycles. The van der Waals surface area contributed by atoms with E-state index in [-0.39, 0.29) is 24.1 Å². The fraction of sp³-hybridized carbons (Fsp3) is 0.294. The first-order valence-electron chi connectivity index (χ1n) is 7.91. The molecule has 0 spiro atoms. The molecule has 2 aromatic rings. The van der Waals surface area contributed by atoms with Gasteiger partial charge in [0.1, 0.15) is 18.0 Å². The molecule has 7 nitrogen and oxygen atoms in total. The van der Waals surface area contributed by atoms with Crippen LogP contribution in [0.5, 0.6) is 0 Å². The first-order valence-corrected chi connectivity index (χ1v) is 8.29. The van der Waals surface area contributed by atoms with Crippen LogP contribution in [0.2, 0.25) is 5.02 Å². The lowest BCUT2D eigenvalue weighted by molar-refractivity contribution is -0.130. The third-order valence-corrected chi connectivity index (χ3v) is 4.46. The third-order valence-electron chi connectivity index (χ3n) is 4.21. The van der Waals surface area contributed by atoms with E-state index in [2.05, 4.69) is 9.97 Å². The summed E-state index contributed by atoms with van der Waals surface area (Å²) in [6.45, 7) is 2.30. The molecule has 0 saturated carbocycles. The van der Waals surface area contributed by atoms with Crippen molar-refractivity contribution >= 4 is 47.8 Å². The van der Waals surface area contributed by atoms with E-state index in [1.54, 1.807) is 12.1 Å². The lowest BCUT2D eigenvalue weighted by Crippen LogP contribution is -2.49. The average Bonchev–Trinajstić information content (AvgIpc) is 2.63. The maximum Gasteiger partial charge on any atom is 0.227 e. The summed E-state index contributed by atoms with van der Waals surface area (Å²) in [6.07, 6.45) is 2.36. The van der Waals surface area contributed by atoms with E-state index in [0.717, 1.165) is 5.56 Å². The van der Waals surface area contributed by atoms with Gasteiger partial charge in [0.25, 0.3) is 0 Å². The molecule has 1 amide bonds. The van der Waals surface area contributed by atoms with Crippen molar-refractivity contribution in [2.75, 3.05) is 36.8 Å². The molecule has 2 heterocycles. The Bertz CT molecular complexity index is 777.